The van der Waals surface area contributed by atoms with E-state index in [0.717, 1.165) is 37.9 Å². The van der Waals surface area contributed by atoms with Crippen molar-refractivity contribution in [2.24, 2.45) is 4.99 Å². The summed E-state index contributed by atoms with van der Waals surface area (Å²) in [5, 5.41) is 11.2. The van der Waals surface area contributed by atoms with Crippen molar-refractivity contribution >= 4 is 41.3 Å². The lowest BCUT2D eigenvalue weighted by Crippen LogP contribution is -2.44. The molecule has 1 aromatic heterocycles. The molecule has 1 unspecified atom stereocenters. The zero-order valence-corrected chi connectivity index (χ0v) is 19.8. The van der Waals surface area contributed by atoms with Crippen LogP contribution in [0, 0.1) is 0 Å². The second-order valence-corrected chi connectivity index (χ2v) is 7.60. The van der Waals surface area contributed by atoms with Crippen LogP contribution in [-0.2, 0) is 6.54 Å². The van der Waals surface area contributed by atoms with Crippen molar-refractivity contribution in [1.82, 2.24) is 15.5 Å². The number of hydrogen-bond donors (Lipinski definition) is 2. The number of rotatable bonds is 7. The molecule has 1 aliphatic rings. The lowest BCUT2D eigenvalue weighted by molar-refractivity contribution is 0.164. The maximum atomic E-state index is 5.32. The molecule has 5 nitrogen and oxygen atoms in total. The minimum atomic E-state index is 0. The summed E-state index contributed by atoms with van der Waals surface area (Å²) in [6.07, 6.45) is 3.89. The van der Waals surface area contributed by atoms with Gasteiger partial charge in [0, 0.05) is 20.1 Å². The maximum absolute atomic E-state index is 5.32. The predicted octanol–water partition coefficient (Wildman–Crippen LogP) is 4.27. The highest BCUT2D eigenvalue weighted by atomic mass is 127. The molecule has 0 aliphatic carbocycles. The number of methoxy groups -OCH3 is 1. The van der Waals surface area contributed by atoms with Gasteiger partial charge in [-0.3, -0.25) is 9.89 Å². The maximum Gasteiger partial charge on any atom is 0.191 e. The molecule has 2 heterocycles. The van der Waals surface area contributed by atoms with Crippen LogP contribution in [0.3, 0.4) is 0 Å². The molecule has 1 aromatic carbocycles. The smallest absolute Gasteiger partial charge is 0.191 e. The minimum absolute atomic E-state index is 0. The van der Waals surface area contributed by atoms with Gasteiger partial charge in [-0.2, -0.15) is 11.3 Å². The Hall–Kier alpha value is -1.32. The number of nitrogens with one attached hydrogen (secondary N) is 2. The number of ether oxygens (including phenoxy) is 1. The summed E-state index contributed by atoms with van der Waals surface area (Å²) in [6.45, 7) is 3.92. The Bertz CT molecular complexity index is 700. The van der Waals surface area contributed by atoms with Crippen LogP contribution in [0.15, 0.2) is 46.1 Å². The van der Waals surface area contributed by atoms with E-state index in [1.165, 1.54) is 30.4 Å². The summed E-state index contributed by atoms with van der Waals surface area (Å²) in [5.41, 5.74) is 2.60. The molecule has 3 rings (SSSR count). The number of halogens is 1. The van der Waals surface area contributed by atoms with Gasteiger partial charge in [0.1, 0.15) is 5.75 Å². The van der Waals surface area contributed by atoms with Crippen molar-refractivity contribution in [2.75, 3.05) is 33.8 Å². The highest BCUT2D eigenvalue weighted by Crippen LogP contribution is 2.25. The standard InChI is InChI=1S/C21H30N4OS.HI/c1-22-21(23-14-17-10-13-27-16-17)24-15-20(25-11-4-3-5-12-25)18-6-8-19(26-2)9-7-18;/h6-10,13,16,20H,3-5,11-12,14-15H2,1-2H3,(H2,22,23,24);1H. The van der Waals surface area contributed by atoms with Crippen molar-refractivity contribution in [3.63, 3.8) is 0 Å². The number of likely N-dealkylation sites (tertiary alicyclic amines) is 1. The van der Waals surface area contributed by atoms with E-state index in [9.17, 15) is 0 Å². The molecule has 1 fully saturated rings. The Morgan fingerprint density at radius 1 is 1.14 bits per heavy atom. The molecule has 1 aliphatic heterocycles. The monoisotopic (exact) mass is 514 g/mol. The van der Waals surface area contributed by atoms with E-state index in [-0.39, 0.29) is 24.0 Å². The van der Waals surface area contributed by atoms with Gasteiger partial charge in [0.05, 0.1) is 13.2 Å². The molecule has 2 N–H and O–H groups in total. The van der Waals surface area contributed by atoms with Gasteiger partial charge < -0.3 is 15.4 Å². The van der Waals surface area contributed by atoms with Crippen LogP contribution in [0.4, 0.5) is 0 Å². The van der Waals surface area contributed by atoms with E-state index in [1.54, 1.807) is 18.4 Å². The van der Waals surface area contributed by atoms with Crippen LogP contribution >= 0.6 is 35.3 Å². The van der Waals surface area contributed by atoms with Gasteiger partial charge in [-0.25, -0.2) is 0 Å². The first-order valence-corrected chi connectivity index (χ1v) is 10.6. The third-order valence-electron chi connectivity index (χ3n) is 5.06. The van der Waals surface area contributed by atoms with E-state index in [2.05, 4.69) is 61.6 Å². The van der Waals surface area contributed by atoms with Gasteiger partial charge in [-0.15, -0.1) is 24.0 Å². The van der Waals surface area contributed by atoms with E-state index >= 15 is 0 Å². The second-order valence-electron chi connectivity index (χ2n) is 6.82. The van der Waals surface area contributed by atoms with Gasteiger partial charge in [-0.1, -0.05) is 18.6 Å². The molecule has 0 amide bonds. The van der Waals surface area contributed by atoms with Crippen molar-refractivity contribution in [1.29, 1.82) is 0 Å². The molecule has 0 radical (unpaired) electrons. The summed E-state index contributed by atoms with van der Waals surface area (Å²) >= 11 is 1.72. The lowest BCUT2D eigenvalue weighted by atomic mass is 10.0. The zero-order valence-electron chi connectivity index (χ0n) is 16.7. The van der Waals surface area contributed by atoms with Crippen LogP contribution in [0.1, 0.15) is 36.4 Å². The summed E-state index contributed by atoms with van der Waals surface area (Å²) < 4.78 is 5.32. The molecular formula is C21H31IN4OS. The Labute approximate surface area is 189 Å². The van der Waals surface area contributed by atoms with Gasteiger partial charge in [0.25, 0.3) is 0 Å². The van der Waals surface area contributed by atoms with Gasteiger partial charge in [0.2, 0.25) is 0 Å². The zero-order chi connectivity index (χ0) is 18.9. The van der Waals surface area contributed by atoms with E-state index < -0.39 is 0 Å². The number of guanidine groups is 1. The number of thiophene rings is 1. The number of benzene rings is 1. The Kier molecular flexibility index (Phi) is 10.1. The van der Waals surface area contributed by atoms with Gasteiger partial charge >= 0.3 is 0 Å². The molecule has 2 aromatic rings. The van der Waals surface area contributed by atoms with Crippen LogP contribution in [0.25, 0.3) is 0 Å². The van der Waals surface area contributed by atoms with Crippen molar-refractivity contribution < 1.29 is 4.74 Å². The molecule has 0 bridgehead atoms. The SMILES string of the molecule is CN=C(NCc1ccsc1)NCC(c1ccc(OC)cc1)N1CCCCC1.I. The fraction of sp³-hybridized carbons (Fsp3) is 0.476. The van der Waals surface area contributed by atoms with Crippen molar-refractivity contribution in [2.45, 2.75) is 31.8 Å². The Morgan fingerprint density at radius 3 is 2.50 bits per heavy atom. The van der Waals surface area contributed by atoms with Gasteiger partial charge in [0.15, 0.2) is 5.96 Å². The molecule has 28 heavy (non-hydrogen) atoms. The second kappa shape index (κ2) is 12.3. The molecule has 154 valence electrons. The number of piperidine rings is 1. The average molecular weight is 514 g/mol. The summed E-state index contributed by atoms with van der Waals surface area (Å²) in [6, 6.07) is 10.9. The molecule has 0 spiro atoms. The lowest BCUT2D eigenvalue weighted by Gasteiger charge is -2.35. The normalized spacial score (nSPS) is 16.1. The molecule has 7 heteroatoms. The molecular weight excluding hydrogens is 483 g/mol. The van der Waals surface area contributed by atoms with Crippen LogP contribution in [0.5, 0.6) is 5.75 Å². The first-order valence-electron chi connectivity index (χ1n) is 9.63. The van der Waals surface area contributed by atoms with Crippen molar-refractivity contribution in [3.8, 4) is 5.75 Å². The third kappa shape index (κ3) is 6.63. The predicted molar refractivity (Wildman–Crippen MR) is 129 cm³/mol. The summed E-state index contributed by atoms with van der Waals surface area (Å²) in [5.74, 6) is 1.74. The average Bonchev–Trinajstić information content (AvgIpc) is 3.25. The summed E-state index contributed by atoms with van der Waals surface area (Å²) in [4.78, 5) is 6.97. The molecule has 1 saturated heterocycles. The first-order chi connectivity index (χ1) is 13.3. The fourth-order valence-electron chi connectivity index (χ4n) is 3.51. The van der Waals surface area contributed by atoms with Gasteiger partial charge in [-0.05, 0) is 66.0 Å². The Balaban J connectivity index is 0.00000280. The number of aliphatic imine (C=N–C) groups is 1. The highest BCUT2D eigenvalue weighted by molar-refractivity contribution is 14.0. The van der Waals surface area contributed by atoms with Crippen LogP contribution in [-0.4, -0.2) is 44.7 Å². The van der Waals surface area contributed by atoms with E-state index in [4.69, 9.17) is 4.74 Å². The van der Waals surface area contributed by atoms with E-state index in [0.29, 0.717) is 6.04 Å². The first kappa shape index (κ1) is 23.0. The number of nitrogens with zero attached hydrogens (tertiary/aromatic N) is 2. The van der Waals surface area contributed by atoms with Crippen LogP contribution < -0.4 is 15.4 Å². The third-order valence-corrected chi connectivity index (χ3v) is 5.79. The Morgan fingerprint density at radius 2 is 1.89 bits per heavy atom. The molecule has 1 atom stereocenters. The van der Waals surface area contributed by atoms with E-state index in [1.807, 2.05) is 7.05 Å². The minimum Gasteiger partial charge on any atom is -0.497 e. The quantitative estimate of drug-likeness (QED) is 0.329. The largest absolute Gasteiger partial charge is 0.497 e. The fourth-order valence-corrected chi connectivity index (χ4v) is 4.18. The number of hydrogen-bond acceptors (Lipinski definition) is 4. The summed E-state index contributed by atoms with van der Waals surface area (Å²) in [7, 11) is 3.54. The topological polar surface area (TPSA) is 48.9 Å². The molecule has 0 saturated carbocycles. The van der Waals surface area contributed by atoms with Crippen molar-refractivity contribution in [3.05, 3.63) is 52.2 Å². The van der Waals surface area contributed by atoms with Crippen LogP contribution in [0.2, 0.25) is 0 Å². The highest BCUT2D eigenvalue weighted by Gasteiger charge is 2.22.